The van der Waals surface area contributed by atoms with Crippen LogP contribution in [0.15, 0.2) is 72.8 Å². The number of methoxy groups -OCH3 is 1. The number of fused-ring (bicyclic) bond motifs is 1. The Morgan fingerprint density at radius 2 is 1.85 bits per heavy atom. The molecule has 0 spiro atoms. The van der Waals surface area contributed by atoms with Gasteiger partial charge in [-0.2, -0.15) is 0 Å². The van der Waals surface area contributed by atoms with Gasteiger partial charge in [-0.15, -0.1) is 0 Å². The van der Waals surface area contributed by atoms with Crippen molar-refractivity contribution in [3.8, 4) is 11.5 Å². The van der Waals surface area contributed by atoms with E-state index in [2.05, 4.69) is 10.6 Å². The summed E-state index contributed by atoms with van der Waals surface area (Å²) in [6, 6.07) is 21.7. The molecule has 0 aliphatic carbocycles. The van der Waals surface area contributed by atoms with Crippen molar-refractivity contribution in [2.45, 2.75) is 25.3 Å². The topological polar surface area (TPSA) is 56.6 Å². The number of imidazole rings is 1. The van der Waals surface area contributed by atoms with Crippen LogP contribution >= 0.6 is 0 Å². The molecular weight excluding hydrogens is 433 g/mol. The standard InChI is InChI=1S/C27H26FN3O3/c1-33-22-9-5-10-23(17-22)34-14-6-13-30-25-12-3-2-11-24(25)29-27(30)19-15-26(32)31(18-19)21-8-4-7-20(28)16-21/h2-5,7-12,16-17,19H,6,13-15,18H2,1H3. The van der Waals surface area contributed by atoms with Crippen molar-refractivity contribution < 1.29 is 18.7 Å². The van der Waals surface area contributed by atoms with Gasteiger partial charge >= 0.3 is 0 Å². The van der Waals surface area contributed by atoms with E-state index in [1.54, 1.807) is 24.1 Å². The minimum Gasteiger partial charge on any atom is -0.497 e. The second-order valence-electron chi connectivity index (χ2n) is 8.38. The van der Waals surface area contributed by atoms with Gasteiger partial charge < -0.3 is 18.9 Å². The lowest BCUT2D eigenvalue weighted by molar-refractivity contribution is -0.117. The Morgan fingerprint density at radius 3 is 2.71 bits per heavy atom. The van der Waals surface area contributed by atoms with Crippen LogP contribution in [0.4, 0.5) is 10.1 Å². The molecule has 1 atom stereocenters. The Balaban J connectivity index is 1.33. The van der Waals surface area contributed by atoms with Crippen LogP contribution in [0.3, 0.4) is 0 Å². The molecule has 1 fully saturated rings. The summed E-state index contributed by atoms with van der Waals surface area (Å²) >= 11 is 0. The van der Waals surface area contributed by atoms with Crippen LogP contribution in [-0.2, 0) is 11.3 Å². The van der Waals surface area contributed by atoms with Crippen LogP contribution in [0, 0.1) is 5.82 Å². The highest BCUT2D eigenvalue weighted by Gasteiger charge is 2.34. The van der Waals surface area contributed by atoms with Gasteiger partial charge in [0.25, 0.3) is 0 Å². The number of para-hydroxylation sites is 2. The molecule has 0 saturated carbocycles. The summed E-state index contributed by atoms with van der Waals surface area (Å²) in [7, 11) is 1.63. The van der Waals surface area contributed by atoms with Gasteiger partial charge in [-0.05, 0) is 48.9 Å². The van der Waals surface area contributed by atoms with Crippen LogP contribution in [0.25, 0.3) is 11.0 Å². The minimum absolute atomic E-state index is 0.0180. The number of anilines is 1. The number of hydrogen-bond acceptors (Lipinski definition) is 4. The molecule has 5 rings (SSSR count). The van der Waals surface area contributed by atoms with Gasteiger partial charge in [0.2, 0.25) is 5.91 Å². The lowest BCUT2D eigenvalue weighted by Crippen LogP contribution is -2.24. The fourth-order valence-corrected chi connectivity index (χ4v) is 4.52. The molecule has 1 aliphatic heterocycles. The van der Waals surface area contributed by atoms with E-state index in [0.29, 0.717) is 31.8 Å². The normalized spacial score (nSPS) is 15.8. The molecule has 2 heterocycles. The van der Waals surface area contributed by atoms with Gasteiger partial charge in [-0.25, -0.2) is 9.37 Å². The summed E-state index contributed by atoms with van der Waals surface area (Å²) in [6.45, 7) is 1.73. The summed E-state index contributed by atoms with van der Waals surface area (Å²) in [5.74, 6) is 1.97. The minimum atomic E-state index is -0.350. The number of carbonyl (C=O) groups excluding carboxylic acids is 1. The largest absolute Gasteiger partial charge is 0.497 e. The molecule has 7 heteroatoms. The molecule has 174 valence electrons. The molecule has 0 bridgehead atoms. The fourth-order valence-electron chi connectivity index (χ4n) is 4.52. The van der Waals surface area contributed by atoms with Gasteiger partial charge in [0, 0.05) is 37.2 Å². The maximum absolute atomic E-state index is 13.7. The number of rotatable bonds is 8. The molecule has 34 heavy (non-hydrogen) atoms. The van der Waals surface area contributed by atoms with E-state index >= 15 is 0 Å². The highest BCUT2D eigenvalue weighted by Crippen LogP contribution is 2.33. The van der Waals surface area contributed by atoms with Crippen LogP contribution in [0.2, 0.25) is 0 Å². The van der Waals surface area contributed by atoms with E-state index in [1.165, 1.54) is 12.1 Å². The number of aromatic nitrogens is 2. The first kappa shape index (κ1) is 21.9. The number of aryl methyl sites for hydroxylation is 1. The summed E-state index contributed by atoms with van der Waals surface area (Å²) in [5.41, 5.74) is 2.53. The van der Waals surface area contributed by atoms with E-state index < -0.39 is 0 Å². The Kier molecular flexibility index (Phi) is 6.16. The second kappa shape index (κ2) is 9.55. The molecule has 1 saturated heterocycles. The van der Waals surface area contributed by atoms with Crippen molar-refractivity contribution in [2.24, 2.45) is 0 Å². The van der Waals surface area contributed by atoms with Crippen LogP contribution in [0.1, 0.15) is 24.6 Å². The number of benzene rings is 3. The smallest absolute Gasteiger partial charge is 0.227 e. The van der Waals surface area contributed by atoms with Crippen molar-refractivity contribution in [3.05, 3.63) is 84.4 Å². The van der Waals surface area contributed by atoms with E-state index in [1.807, 2.05) is 42.5 Å². The maximum atomic E-state index is 13.7. The summed E-state index contributed by atoms with van der Waals surface area (Å²) < 4.78 is 27.1. The van der Waals surface area contributed by atoms with Crippen molar-refractivity contribution in [1.82, 2.24) is 9.55 Å². The number of amides is 1. The van der Waals surface area contributed by atoms with Gasteiger partial charge in [0.15, 0.2) is 0 Å². The third kappa shape index (κ3) is 4.46. The van der Waals surface area contributed by atoms with Crippen LogP contribution < -0.4 is 14.4 Å². The lowest BCUT2D eigenvalue weighted by Gasteiger charge is -2.17. The fraction of sp³-hybridized carbons (Fsp3) is 0.259. The highest BCUT2D eigenvalue weighted by atomic mass is 19.1. The molecule has 4 aromatic rings. The molecule has 6 nitrogen and oxygen atoms in total. The Morgan fingerprint density at radius 1 is 1.03 bits per heavy atom. The first-order chi connectivity index (χ1) is 16.6. The molecule has 1 unspecified atom stereocenters. The molecule has 0 N–H and O–H groups in total. The second-order valence-corrected chi connectivity index (χ2v) is 8.38. The molecule has 1 aliphatic rings. The summed E-state index contributed by atoms with van der Waals surface area (Å²) in [5, 5.41) is 0. The quantitative estimate of drug-likeness (QED) is 0.341. The Hall–Kier alpha value is -3.87. The third-order valence-corrected chi connectivity index (χ3v) is 6.13. The number of hydrogen-bond donors (Lipinski definition) is 0. The predicted molar refractivity (Wildman–Crippen MR) is 129 cm³/mol. The molecule has 1 aromatic heterocycles. The van der Waals surface area contributed by atoms with Crippen molar-refractivity contribution in [2.75, 3.05) is 25.2 Å². The monoisotopic (exact) mass is 459 g/mol. The van der Waals surface area contributed by atoms with E-state index in [0.717, 1.165) is 34.8 Å². The highest BCUT2D eigenvalue weighted by molar-refractivity contribution is 5.96. The SMILES string of the molecule is COc1cccc(OCCCn2c(C3CC(=O)N(c4cccc(F)c4)C3)nc3ccccc32)c1. The number of halogens is 1. The van der Waals surface area contributed by atoms with E-state index in [-0.39, 0.29) is 17.6 Å². The maximum Gasteiger partial charge on any atom is 0.227 e. The summed E-state index contributed by atoms with van der Waals surface area (Å²) in [4.78, 5) is 19.3. The number of carbonyl (C=O) groups is 1. The van der Waals surface area contributed by atoms with Gasteiger partial charge in [0.1, 0.15) is 23.1 Å². The molecular formula is C27H26FN3O3. The molecule has 1 amide bonds. The van der Waals surface area contributed by atoms with Gasteiger partial charge in [0.05, 0.1) is 24.8 Å². The van der Waals surface area contributed by atoms with Gasteiger partial charge in [-0.3, -0.25) is 4.79 Å². The average molecular weight is 460 g/mol. The molecule has 0 radical (unpaired) electrons. The van der Waals surface area contributed by atoms with E-state index in [4.69, 9.17) is 14.5 Å². The Labute approximate surface area is 197 Å². The number of ether oxygens (including phenoxy) is 2. The van der Waals surface area contributed by atoms with Crippen LogP contribution in [-0.4, -0.2) is 35.7 Å². The van der Waals surface area contributed by atoms with E-state index in [9.17, 15) is 9.18 Å². The molecule has 3 aromatic carbocycles. The van der Waals surface area contributed by atoms with Crippen LogP contribution in [0.5, 0.6) is 11.5 Å². The third-order valence-electron chi connectivity index (χ3n) is 6.13. The number of nitrogens with zero attached hydrogens (tertiary/aromatic N) is 3. The Bertz CT molecular complexity index is 1320. The first-order valence-corrected chi connectivity index (χ1v) is 11.4. The predicted octanol–water partition coefficient (Wildman–Crippen LogP) is 5.17. The summed E-state index contributed by atoms with van der Waals surface area (Å²) in [6.07, 6.45) is 1.12. The zero-order chi connectivity index (χ0) is 23.5. The lowest BCUT2D eigenvalue weighted by atomic mass is 10.1. The van der Waals surface area contributed by atoms with Crippen molar-refractivity contribution >= 4 is 22.6 Å². The van der Waals surface area contributed by atoms with Crippen molar-refractivity contribution in [1.29, 1.82) is 0 Å². The van der Waals surface area contributed by atoms with Crippen molar-refractivity contribution in [3.63, 3.8) is 0 Å². The first-order valence-electron chi connectivity index (χ1n) is 11.4. The zero-order valence-corrected chi connectivity index (χ0v) is 19.0. The zero-order valence-electron chi connectivity index (χ0n) is 19.0. The van der Waals surface area contributed by atoms with Gasteiger partial charge in [-0.1, -0.05) is 24.3 Å². The average Bonchev–Trinajstić information content (AvgIpc) is 3.42.